The molecule has 0 unspecified atom stereocenters. The Morgan fingerprint density at radius 3 is 2.62 bits per heavy atom. The molecule has 0 aromatic carbocycles. The van der Waals surface area contributed by atoms with E-state index in [0.29, 0.717) is 26.2 Å². The number of rotatable bonds is 8. The predicted molar refractivity (Wildman–Crippen MR) is 98.5 cm³/mol. The maximum absolute atomic E-state index is 10.6. The summed E-state index contributed by atoms with van der Waals surface area (Å²) in [4.78, 5) is 2.18. The third-order valence-electron chi connectivity index (χ3n) is 4.42. The number of aliphatic hydroxyl groups is 1. The minimum Gasteiger partial charge on any atom is -0.468 e. The van der Waals surface area contributed by atoms with Crippen LogP contribution in [-0.4, -0.2) is 42.2 Å². The molecule has 26 heavy (non-hydrogen) atoms. The summed E-state index contributed by atoms with van der Waals surface area (Å²) in [5.74, 6) is 0.879. The van der Waals surface area contributed by atoms with Gasteiger partial charge in [0.1, 0.15) is 5.76 Å². The number of nitrogens with zero attached hydrogens (tertiary/aromatic N) is 5. The molecule has 0 radical (unpaired) electrons. The lowest BCUT2D eigenvalue weighted by atomic mass is 10.2. The van der Waals surface area contributed by atoms with Gasteiger partial charge in [0, 0.05) is 37.6 Å². The fraction of sp³-hybridized carbons (Fsp3) is 0.474. The highest BCUT2D eigenvalue weighted by molar-refractivity contribution is 5.15. The van der Waals surface area contributed by atoms with Crippen molar-refractivity contribution in [2.45, 2.75) is 46.5 Å². The van der Waals surface area contributed by atoms with Crippen molar-refractivity contribution >= 4 is 0 Å². The number of aromatic nitrogens is 4. The molecule has 0 fully saturated rings. The summed E-state index contributed by atoms with van der Waals surface area (Å²) in [5.41, 5.74) is 4.18. The molecular weight excluding hydrogens is 330 g/mol. The van der Waals surface area contributed by atoms with Crippen molar-refractivity contribution in [1.82, 2.24) is 24.5 Å². The Hall–Kier alpha value is -2.38. The highest BCUT2D eigenvalue weighted by atomic mass is 16.3. The lowest BCUT2D eigenvalue weighted by Crippen LogP contribution is -2.34. The van der Waals surface area contributed by atoms with E-state index in [1.165, 1.54) is 0 Å². The van der Waals surface area contributed by atoms with E-state index in [1.807, 2.05) is 61.6 Å². The number of hydrogen-bond donors (Lipinski definition) is 1. The highest BCUT2D eigenvalue weighted by Crippen LogP contribution is 2.14. The first-order valence-electron chi connectivity index (χ1n) is 8.83. The van der Waals surface area contributed by atoms with Crippen LogP contribution in [0, 0.1) is 20.8 Å². The van der Waals surface area contributed by atoms with E-state index in [9.17, 15) is 5.11 Å². The minimum absolute atomic E-state index is 0.473. The van der Waals surface area contributed by atoms with Crippen molar-refractivity contribution in [2.24, 2.45) is 7.05 Å². The van der Waals surface area contributed by atoms with Crippen LogP contribution in [0.3, 0.4) is 0 Å². The molecule has 1 N–H and O–H groups in total. The Kier molecular flexibility index (Phi) is 5.58. The van der Waals surface area contributed by atoms with Crippen LogP contribution in [0.5, 0.6) is 0 Å². The Bertz CT molecular complexity index is 834. The summed E-state index contributed by atoms with van der Waals surface area (Å²) >= 11 is 0. The average molecular weight is 357 g/mol. The molecule has 3 heterocycles. The maximum Gasteiger partial charge on any atom is 0.117 e. The zero-order chi connectivity index (χ0) is 18.7. The summed E-state index contributed by atoms with van der Waals surface area (Å²) in [6.45, 7) is 8.31. The third-order valence-corrected chi connectivity index (χ3v) is 4.42. The first-order valence-corrected chi connectivity index (χ1v) is 8.83. The predicted octanol–water partition coefficient (Wildman–Crippen LogP) is 2.20. The van der Waals surface area contributed by atoms with Crippen LogP contribution in [0.4, 0.5) is 0 Å². The zero-order valence-electron chi connectivity index (χ0n) is 15.9. The molecule has 7 nitrogen and oxygen atoms in total. The standard InChI is InChI=1S/C19H27N5O2/c1-14-8-15(2)24(20-14)12-18(25)11-23(13-19-6-5-7-26-19)10-17-9-22(4)21-16(17)3/h5-9,18,25H,10-13H2,1-4H3/t18-/m1/s1. The first kappa shape index (κ1) is 18.4. The number of aliphatic hydroxyl groups excluding tert-OH is 1. The molecule has 7 heteroatoms. The van der Waals surface area contributed by atoms with Crippen LogP contribution in [0.2, 0.25) is 0 Å². The fourth-order valence-electron chi connectivity index (χ4n) is 3.27. The van der Waals surface area contributed by atoms with E-state index < -0.39 is 6.10 Å². The van der Waals surface area contributed by atoms with Crippen LogP contribution in [0.25, 0.3) is 0 Å². The van der Waals surface area contributed by atoms with E-state index >= 15 is 0 Å². The quantitative estimate of drug-likeness (QED) is 0.669. The summed E-state index contributed by atoms with van der Waals surface area (Å²) in [6.07, 6.45) is 3.17. The van der Waals surface area contributed by atoms with Gasteiger partial charge >= 0.3 is 0 Å². The molecule has 0 aliphatic rings. The van der Waals surface area contributed by atoms with Gasteiger partial charge in [-0.1, -0.05) is 0 Å². The van der Waals surface area contributed by atoms with Crippen LogP contribution in [0.15, 0.2) is 35.1 Å². The average Bonchev–Trinajstić information content (AvgIpc) is 3.23. The molecule has 1 atom stereocenters. The lowest BCUT2D eigenvalue weighted by molar-refractivity contribution is 0.0838. The minimum atomic E-state index is -0.528. The Labute approximate surface area is 153 Å². The van der Waals surface area contributed by atoms with E-state index in [0.717, 1.165) is 28.4 Å². The third kappa shape index (κ3) is 4.62. The van der Waals surface area contributed by atoms with Gasteiger partial charge < -0.3 is 9.52 Å². The fourth-order valence-corrected chi connectivity index (χ4v) is 3.27. The van der Waals surface area contributed by atoms with E-state index in [2.05, 4.69) is 15.1 Å². The molecule has 0 bridgehead atoms. The van der Waals surface area contributed by atoms with Crippen molar-refractivity contribution in [2.75, 3.05) is 6.54 Å². The van der Waals surface area contributed by atoms with Crippen molar-refractivity contribution in [3.8, 4) is 0 Å². The second-order valence-corrected chi connectivity index (χ2v) is 6.93. The molecule has 3 aromatic heterocycles. The van der Waals surface area contributed by atoms with Crippen LogP contribution < -0.4 is 0 Å². The van der Waals surface area contributed by atoms with Crippen LogP contribution >= 0.6 is 0 Å². The van der Waals surface area contributed by atoms with Gasteiger partial charge in [-0.05, 0) is 39.0 Å². The van der Waals surface area contributed by atoms with Crippen LogP contribution in [0.1, 0.15) is 28.4 Å². The number of furan rings is 1. The molecule has 0 aliphatic heterocycles. The van der Waals surface area contributed by atoms with Gasteiger partial charge in [-0.15, -0.1) is 0 Å². The Balaban J connectivity index is 1.70. The monoisotopic (exact) mass is 357 g/mol. The largest absolute Gasteiger partial charge is 0.468 e. The Morgan fingerprint density at radius 2 is 2.04 bits per heavy atom. The van der Waals surface area contributed by atoms with Crippen LogP contribution in [-0.2, 0) is 26.7 Å². The van der Waals surface area contributed by atoms with Gasteiger partial charge in [-0.2, -0.15) is 10.2 Å². The smallest absolute Gasteiger partial charge is 0.117 e. The SMILES string of the molecule is Cc1cc(C)n(C[C@H](O)CN(Cc2ccco2)Cc2cn(C)nc2C)n1. The van der Waals surface area contributed by atoms with Crippen molar-refractivity contribution in [3.63, 3.8) is 0 Å². The van der Waals surface area contributed by atoms with Crippen molar-refractivity contribution in [3.05, 3.63) is 59.1 Å². The molecule has 0 saturated carbocycles. The highest BCUT2D eigenvalue weighted by Gasteiger charge is 2.17. The summed E-state index contributed by atoms with van der Waals surface area (Å²) in [5, 5.41) is 19.5. The van der Waals surface area contributed by atoms with Gasteiger partial charge in [0.15, 0.2) is 0 Å². The van der Waals surface area contributed by atoms with E-state index in [-0.39, 0.29) is 0 Å². The normalized spacial score (nSPS) is 12.8. The molecule has 0 saturated heterocycles. The maximum atomic E-state index is 10.6. The molecule has 3 aromatic rings. The van der Waals surface area contributed by atoms with Crippen molar-refractivity contribution < 1.29 is 9.52 Å². The molecule has 0 amide bonds. The lowest BCUT2D eigenvalue weighted by Gasteiger charge is -2.24. The topological polar surface area (TPSA) is 72.2 Å². The molecule has 140 valence electrons. The van der Waals surface area contributed by atoms with E-state index in [1.54, 1.807) is 6.26 Å². The van der Waals surface area contributed by atoms with Crippen molar-refractivity contribution in [1.29, 1.82) is 0 Å². The number of aryl methyl sites for hydroxylation is 4. The molecular formula is C19H27N5O2. The second-order valence-electron chi connectivity index (χ2n) is 6.93. The van der Waals surface area contributed by atoms with Gasteiger partial charge in [-0.3, -0.25) is 14.3 Å². The van der Waals surface area contributed by atoms with Gasteiger partial charge in [0.25, 0.3) is 0 Å². The second kappa shape index (κ2) is 7.88. The molecule has 0 spiro atoms. The van der Waals surface area contributed by atoms with E-state index in [4.69, 9.17) is 4.42 Å². The van der Waals surface area contributed by atoms with Gasteiger partial charge in [-0.25, -0.2) is 0 Å². The summed E-state index contributed by atoms with van der Waals surface area (Å²) in [6, 6.07) is 5.86. The Morgan fingerprint density at radius 1 is 1.23 bits per heavy atom. The summed E-state index contributed by atoms with van der Waals surface area (Å²) in [7, 11) is 1.92. The molecule has 0 aliphatic carbocycles. The van der Waals surface area contributed by atoms with Gasteiger partial charge in [0.05, 0.1) is 36.8 Å². The first-order chi connectivity index (χ1) is 12.4. The number of hydrogen-bond acceptors (Lipinski definition) is 5. The summed E-state index contributed by atoms with van der Waals surface area (Å²) < 4.78 is 9.18. The van der Waals surface area contributed by atoms with Gasteiger partial charge in [0.2, 0.25) is 0 Å². The zero-order valence-corrected chi connectivity index (χ0v) is 15.9. The molecule has 3 rings (SSSR count).